The Kier molecular flexibility index (Phi) is 4.75. The fourth-order valence-electron chi connectivity index (χ4n) is 1.92. The second-order valence-electron chi connectivity index (χ2n) is 4.18. The van der Waals surface area contributed by atoms with Gasteiger partial charge in [0, 0.05) is 32.1 Å². The molecule has 0 aromatic heterocycles. The van der Waals surface area contributed by atoms with Gasteiger partial charge in [0.05, 0.1) is 6.54 Å². The maximum absolute atomic E-state index is 11.7. The van der Waals surface area contributed by atoms with Gasteiger partial charge in [0.2, 0.25) is 5.91 Å². The number of carbonyl (C=O) groups excluding carboxylic acids is 2. The van der Waals surface area contributed by atoms with Gasteiger partial charge in [-0.2, -0.15) is 0 Å². The highest BCUT2D eigenvalue weighted by Gasteiger charge is 2.21. The molecule has 1 heterocycles. The largest absolute Gasteiger partial charge is 0.342 e. The van der Waals surface area contributed by atoms with E-state index >= 15 is 0 Å². The average Bonchev–Trinajstić information content (AvgIpc) is 2.39. The lowest BCUT2D eigenvalue weighted by Crippen LogP contribution is -2.38. The van der Waals surface area contributed by atoms with Crippen LogP contribution in [-0.2, 0) is 9.59 Å². The summed E-state index contributed by atoms with van der Waals surface area (Å²) in [5, 5.41) is 0. The zero-order valence-electron chi connectivity index (χ0n) is 9.61. The van der Waals surface area contributed by atoms with Crippen molar-refractivity contribution in [1.82, 2.24) is 9.80 Å². The number of likely N-dealkylation sites (N-methyl/N-ethyl adjacent to an activating group) is 1. The highest BCUT2D eigenvalue weighted by Crippen LogP contribution is 2.06. The summed E-state index contributed by atoms with van der Waals surface area (Å²) in [6.07, 6.45) is 1.96. The molecule has 0 spiro atoms. The van der Waals surface area contributed by atoms with Gasteiger partial charge in [0.1, 0.15) is 6.29 Å². The van der Waals surface area contributed by atoms with Crippen LogP contribution in [0.2, 0.25) is 0 Å². The Balaban J connectivity index is 2.48. The first-order chi connectivity index (χ1) is 7.17. The molecule has 0 radical (unpaired) electrons. The third-order valence-electron chi connectivity index (χ3n) is 2.77. The Hall–Kier alpha value is -0.900. The summed E-state index contributed by atoms with van der Waals surface area (Å²) in [5.41, 5.74) is 0. The Morgan fingerprint density at radius 3 is 2.80 bits per heavy atom. The monoisotopic (exact) mass is 212 g/mol. The van der Waals surface area contributed by atoms with Crippen LogP contribution in [0.4, 0.5) is 0 Å². The number of aldehydes is 1. The predicted molar refractivity (Wildman–Crippen MR) is 58.5 cm³/mol. The van der Waals surface area contributed by atoms with Crippen LogP contribution in [0.3, 0.4) is 0 Å². The van der Waals surface area contributed by atoms with E-state index in [2.05, 4.69) is 4.90 Å². The van der Waals surface area contributed by atoms with Crippen LogP contribution in [0.15, 0.2) is 0 Å². The van der Waals surface area contributed by atoms with E-state index in [4.69, 9.17) is 0 Å². The van der Waals surface area contributed by atoms with Gasteiger partial charge in [-0.1, -0.05) is 6.92 Å². The quantitative estimate of drug-likeness (QED) is 0.632. The van der Waals surface area contributed by atoms with Crippen LogP contribution in [0, 0.1) is 5.92 Å². The Morgan fingerprint density at radius 1 is 1.47 bits per heavy atom. The van der Waals surface area contributed by atoms with E-state index < -0.39 is 0 Å². The summed E-state index contributed by atoms with van der Waals surface area (Å²) < 4.78 is 0. The first kappa shape index (κ1) is 12.2. The number of nitrogens with zero attached hydrogens (tertiary/aromatic N) is 2. The summed E-state index contributed by atoms with van der Waals surface area (Å²) >= 11 is 0. The third-order valence-corrected chi connectivity index (χ3v) is 2.77. The Bertz CT molecular complexity index is 231. The second-order valence-corrected chi connectivity index (χ2v) is 4.18. The van der Waals surface area contributed by atoms with Crippen molar-refractivity contribution in [3.05, 3.63) is 0 Å². The van der Waals surface area contributed by atoms with Crippen molar-refractivity contribution in [3.63, 3.8) is 0 Å². The molecule has 4 heteroatoms. The molecule has 1 saturated heterocycles. The first-order valence-corrected chi connectivity index (χ1v) is 5.62. The molecule has 1 unspecified atom stereocenters. The van der Waals surface area contributed by atoms with E-state index in [1.165, 1.54) is 0 Å². The Morgan fingerprint density at radius 2 is 2.20 bits per heavy atom. The SMILES string of the molecule is CCN1CCCN(CC(C)C=O)CC1=O. The van der Waals surface area contributed by atoms with Gasteiger partial charge in [0.15, 0.2) is 0 Å². The van der Waals surface area contributed by atoms with E-state index in [-0.39, 0.29) is 11.8 Å². The third kappa shape index (κ3) is 3.63. The molecule has 0 aliphatic carbocycles. The number of hydrogen-bond acceptors (Lipinski definition) is 3. The van der Waals surface area contributed by atoms with Crippen molar-refractivity contribution in [2.24, 2.45) is 5.92 Å². The van der Waals surface area contributed by atoms with Crippen LogP contribution < -0.4 is 0 Å². The maximum atomic E-state index is 11.7. The van der Waals surface area contributed by atoms with Crippen LogP contribution >= 0.6 is 0 Å². The highest BCUT2D eigenvalue weighted by atomic mass is 16.2. The smallest absolute Gasteiger partial charge is 0.236 e. The molecule has 86 valence electrons. The maximum Gasteiger partial charge on any atom is 0.236 e. The summed E-state index contributed by atoms with van der Waals surface area (Å²) in [7, 11) is 0. The first-order valence-electron chi connectivity index (χ1n) is 5.62. The lowest BCUT2D eigenvalue weighted by atomic mass is 10.2. The predicted octanol–water partition coefficient (Wildman–Crippen LogP) is 0.376. The molecule has 1 aliphatic rings. The molecule has 0 saturated carbocycles. The fourth-order valence-corrected chi connectivity index (χ4v) is 1.92. The summed E-state index contributed by atoms with van der Waals surface area (Å²) in [6, 6.07) is 0. The molecular weight excluding hydrogens is 192 g/mol. The molecule has 15 heavy (non-hydrogen) atoms. The molecule has 1 atom stereocenters. The molecular formula is C11H20N2O2. The molecule has 4 nitrogen and oxygen atoms in total. The standard InChI is InChI=1S/C11H20N2O2/c1-3-13-6-4-5-12(8-11(13)15)7-10(2)9-14/h9-10H,3-8H2,1-2H3. The van der Waals surface area contributed by atoms with Crippen molar-refractivity contribution in [1.29, 1.82) is 0 Å². The molecule has 0 N–H and O–H groups in total. The van der Waals surface area contributed by atoms with Crippen molar-refractivity contribution in [2.45, 2.75) is 20.3 Å². The minimum atomic E-state index is 0.0194. The summed E-state index contributed by atoms with van der Waals surface area (Å²) in [5.74, 6) is 0.207. The number of rotatable bonds is 4. The average molecular weight is 212 g/mol. The van der Waals surface area contributed by atoms with E-state index in [0.717, 1.165) is 32.3 Å². The van der Waals surface area contributed by atoms with Gasteiger partial charge in [-0.15, -0.1) is 0 Å². The fraction of sp³-hybridized carbons (Fsp3) is 0.818. The van der Waals surface area contributed by atoms with Crippen LogP contribution in [-0.4, -0.2) is 54.7 Å². The van der Waals surface area contributed by atoms with E-state index in [0.29, 0.717) is 13.1 Å². The molecule has 1 amide bonds. The number of carbonyl (C=O) groups is 2. The molecule has 1 rings (SSSR count). The lowest BCUT2D eigenvalue weighted by molar-refractivity contribution is -0.131. The Labute approximate surface area is 91.2 Å². The minimum absolute atomic E-state index is 0.0194. The van der Waals surface area contributed by atoms with Gasteiger partial charge >= 0.3 is 0 Å². The van der Waals surface area contributed by atoms with Crippen molar-refractivity contribution in [3.8, 4) is 0 Å². The van der Waals surface area contributed by atoms with Crippen LogP contribution in [0.1, 0.15) is 20.3 Å². The molecule has 1 fully saturated rings. The summed E-state index contributed by atoms with van der Waals surface area (Å²) in [6.45, 7) is 7.61. The topological polar surface area (TPSA) is 40.6 Å². The van der Waals surface area contributed by atoms with Crippen molar-refractivity contribution < 1.29 is 9.59 Å². The van der Waals surface area contributed by atoms with Gasteiger partial charge in [-0.05, 0) is 13.3 Å². The van der Waals surface area contributed by atoms with Crippen molar-refractivity contribution >= 4 is 12.2 Å². The van der Waals surface area contributed by atoms with Gasteiger partial charge < -0.3 is 9.69 Å². The molecule has 0 bridgehead atoms. The number of amides is 1. The lowest BCUT2D eigenvalue weighted by Gasteiger charge is -2.21. The van der Waals surface area contributed by atoms with E-state index in [1.54, 1.807) is 0 Å². The van der Waals surface area contributed by atoms with E-state index in [1.807, 2.05) is 18.7 Å². The normalized spacial score (nSPS) is 21.2. The van der Waals surface area contributed by atoms with Crippen LogP contribution in [0.5, 0.6) is 0 Å². The molecule has 1 aliphatic heterocycles. The van der Waals surface area contributed by atoms with Crippen LogP contribution in [0.25, 0.3) is 0 Å². The number of hydrogen-bond donors (Lipinski definition) is 0. The second kappa shape index (κ2) is 5.85. The highest BCUT2D eigenvalue weighted by molar-refractivity contribution is 5.78. The zero-order valence-corrected chi connectivity index (χ0v) is 9.61. The van der Waals surface area contributed by atoms with Gasteiger partial charge in [0.25, 0.3) is 0 Å². The van der Waals surface area contributed by atoms with Gasteiger partial charge in [-0.25, -0.2) is 0 Å². The molecule has 0 aromatic carbocycles. The van der Waals surface area contributed by atoms with Gasteiger partial charge in [-0.3, -0.25) is 9.69 Å². The zero-order chi connectivity index (χ0) is 11.3. The molecule has 0 aromatic rings. The van der Waals surface area contributed by atoms with Crippen molar-refractivity contribution in [2.75, 3.05) is 32.7 Å². The summed E-state index contributed by atoms with van der Waals surface area (Å²) in [4.78, 5) is 26.2. The van der Waals surface area contributed by atoms with E-state index in [9.17, 15) is 9.59 Å². The minimum Gasteiger partial charge on any atom is -0.342 e.